The Morgan fingerprint density at radius 2 is 2.19 bits per heavy atom. The molecule has 84 valence electrons. The Balaban J connectivity index is 3.55. The van der Waals surface area contributed by atoms with Crippen LogP contribution in [0.1, 0.15) is 20.7 Å². The average Bonchev–Trinajstić information content (AvgIpc) is 2.26. The molecule has 0 aliphatic heterocycles. The van der Waals surface area contributed by atoms with Crippen molar-refractivity contribution >= 4 is 17.9 Å². The Bertz CT molecular complexity index is 467. The van der Waals surface area contributed by atoms with Crippen LogP contribution in [-0.2, 0) is 0 Å². The Morgan fingerprint density at radius 3 is 2.56 bits per heavy atom. The van der Waals surface area contributed by atoms with Crippen LogP contribution >= 0.6 is 0 Å². The molecule has 16 heavy (non-hydrogen) atoms. The van der Waals surface area contributed by atoms with E-state index in [9.17, 15) is 19.7 Å². The van der Waals surface area contributed by atoms with Gasteiger partial charge in [0.05, 0.1) is 18.1 Å². The highest BCUT2D eigenvalue weighted by molar-refractivity contribution is 6.00. The van der Waals surface area contributed by atoms with Crippen molar-refractivity contribution in [2.75, 3.05) is 7.11 Å². The van der Waals surface area contributed by atoms with Gasteiger partial charge in [-0.05, 0) is 0 Å². The lowest BCUT2D eigenvalue weighted by atomic mass is 10.1. The Hall–Kier alpha value is -2.44. The molecule has 0 atom stereocenters. The Morgan fingerprint density at radius 1 is 1.56 bits per heavy atom. The molecule has 0 radical (unpaired) electrons. The highest BCUT2D eigenvalue weighted by atomic mass is 16.6. The molecular formula is C9H7NO6. The largest absolute Gasteiger partial charge is 0.496 e. The van der Waals surface area contributed by atoms with Gasteiger partial charge in [0.25, 0.3) is 5.69 Å². The van der Waals surface area contributed by atoms with Crippen molar-refractivity contribution in [3.05, 3.63) is 33.4 Å². The first-order chi connectivity index (χ1) is 7.51. The number of nitro groups is 1. The molecule has 7 heteroatoms. The van der Waals surface area contributed by atoms with Gasteiger partial charge in [-0.1, -0.05) is 0 Å². The van der Waals surface area contributed by atoms with Crippen molar-refractivity contribution in [1.82, 2.24) is 0 Å². The minimum Gasteiger partial charge on any atom is -0.496 e. The van der Waals surface area contributed by atoms with Crippen molar-refractivity contribution in [1.29, 1.82) is 0 Å². The molecule has 0 heterocycles. The summed E-state index contributed by atoms with van der Waals surface area (Å²) >= 11 is 0. The van der Waals surface area contributed by atoms with Crippen LogP contribution in [-0.4, -0.2) is 29.4 Å². The van der Waals surface area contributed by atoms with E-state index in [4.69, 9.17) is 9.84 Å². The maximum absolute atomic E-state index is 10.8. The van der Waals surface area contributed by atoms with Crippen LogP contribution in [0.15, 0.2) is 12.1 Å². The minimum absolute atomic E-state index is 0.219. The number of rotatable bonds is 4. The van der Waals surface area contributed by atoms with Crippen LogP contribution in [0.2, 0.25) is 0 Å². The third kappa shape index (κ3) is 1.97. The number of hydrogen-bond acceptors (Lipinski definition) is 5. The highest BCUT2D eigenvalue weighted by Crippen LogP contribution is 2.27. The van der Waals surface area contributed by atoms with E-state index in [0.29, 0.717) is 0 Å². The summed E-state index contributed by atoms with van der Waals surface area (Å²) in [5.74, 6) is -1.60. The third-order valence-electron chi connectivity index (χ3n) is 1.89. The summed E-state index contributed by atoms with van der Waals surface area (Å²) < 4.78 is 4.70. The highest BCUT2D eigenvalue weighted by Gasteiger charge is 2.21. The second-order valence-corrected chi connectivity index (χ2v) is 2.79. The van der Waals surface area contributed by atoms with Gasteiger partial charge in [0.1, 0.15) is 11.3 Å². The number of non-ortho nitro benzene ring substituents is 1. The summed E-state index contributed by atoms with van der Waals surface area (Å²) in [5.41, 5.74) is -1.08. The van der Waals surface area contributed by atoms with E-state index in [1.54, 1.807) is 0 Å². The first kappa shape index (κ1) is 11.6. The van der Waals surface area contributed by atoms with Gasteiger partial charge in [0.15, 0.2) is 6.29 Å². The van der Waals surface area contributed by atoms with Crippen molar-refractivity contribution < 1.29 is 24.4 Å². The molecule has 1 N–H and O–H groups in total. The van der Waals surface area contributed by atoms with Gasteiger partial charge >= 0.3 is 5.97 Å². The van der Waals surface area contributed by atoms with Gasteiger partial charge in [-0.3, -0.25) is 14.9 Å². The normalized spacial score (nSPS) is 9.56. The predicted octanol–water partition coefficient (Wildman–Crippen LogP) is 1.11. The minimum atomic E-state index is -1.38. The van der Waals surface area contributed by atoms with Crippen LogP contribution in [0.25, 0.3) is 0 Å². The van der Waals surface area contributed by atoms with Crippen LogP contribution in [0.5, 0.6) is 5.75 Å². The second kappa shape index (κ2) is 4.39. The fourth-order valence-corrected chi connectivity index (χ4v) is 1.21. The van der Waals surface area contributed by atoms with Crippen LogP contribution in [0, 0.1) is 10.1 Å². The standard InChI is InChI=1S/C9H7NO6/c1-16-7-3-6(10(14)15)2-5(4-11)8(7)9(12)13/h2-4H,1H3,(H,12,13). The molecule has 0 saturated heterocycles. The van der Waals surface area contributed by atoms with Crippen molar-refractivity contribution in [2.45, 2.75) is 0 Å². The van der Waals surface area contributed by atoms with Crippen LogP contribution in [0.3, 0.4) is 0 Å². The van der Waals surface area contributed by atoms with Crippen molar-refractivity contribution in [2.24, 2.45) is 0 Å². The van der Waals surface area contributed by atoms with E-state index in [0.717, 1.165) is 12.1 Å². The fourth-order valence-electron chi connectivity index (χ4n) is 1.21. The molecular weight excluding hydrogens is 218 g/mol. The van der Waals surface area contributed by atoms with Crippen molar-refractivity contribution in [3.63, 3.8) is 0 Å². The Kier molecular flexibility index (Phi) is 3.19. The molecule has 0 saturated carbocycles. The molecule has 0 amide bonds. The number of carboxylic acids is 1. The molecule has 0 spiro atoms. The molecule has 1 aromatic rings. The molecule has 0 aromatic heterocycles. The molecule has 0 bridgehead atoms. The van der Waals surface area contributed by atoms with E-state index in [1.807, 2.05) is 0 Å². The van der Waals surface area contributed by atoms with Crippen LogP contribution < -0.4 is 4.74 Å². The first-order valence-electron chi connectivity index (χ1n) is 4.06. The summed E-state index contributed by atoms with van der Waals surface area (Å²) in [6.45, 7) is 0. The van der Waals surface area contributed by atoms with Crippen molar-refractivity contribution in [3.8, 4) is 5.75 Å². The number of hydrogen-bond donors (Lipinski definition) is 1. The smallest absolute Gasteiger partial charge is 0.340 e. The number of carboxylic acid groups (broad SMARTS) is 1. The van der Waals surface area contributed by atoms with Gasteiger partial charge in [-0.2, -0.15) is 0 Å². The molecule has 7 nitrogen and oxygen atoms in total. The number of benzene rings is 1. The quantitative estimate of drug-likeness (QED) is 0.467. The van der Waals surface area contributed by atoms with E-state index < -0.39 is 16.6 Å². The number of aldehydes is 1. The number of carbonyl (C=O) groups is 2. The predicted molar refractivity (Wildman–Crippen MR) is 52.0 cm³/mol. The third-order valence-corrected chi connectivity index (χ3v) is 1.89. The fraction of sp³-hybridized carbons (Fsp3) is 0.111. The summed E-state index contributed by atoms with van der Waals surface area (Å²) in [4.78, 5) is 31.2. The second-order valence-electron chi connectivity index (χ2n) is 2.79. The van der Waals surface area contributed by atoms with Gasteiger partial charge < -0.3 is 9.84 Å². The summed E-state index contributed by atoms with van der Waals surface area (Å²) in [6.07, 6.45) is 0.235. The molecule has 0 aliphatic carbocycles. The van der Waals surface area contributed by atoms with Gasteiger partial charge in [-0.25, -0.2) is 4.79 Å². The number of ether oxygens (including phenoxy) is 1. The van der Waals surface area contributed by atoms with Crippen LogP contribution in [0.4, 0.5) is 5.69 Å². The van der Waals surface area contributed by atoms with E-state index in [-0.39, 0.29) is 23.2 Å². The lowest BCUT2D eigenvalue weighted by Gasteiger charge is -2.06. The molecule has 0 fully saturated rings. The number of nitrogens with zero attached hydrogens (tertiary/aromatic N) is 1. The zero-order valence-electron chi connectivity index (χ0n) is 8.17. The first-order valence-corrected chi connectivity index (χ1v) is 4.06. The number of carbonyl (C=O) groups excluding carboxylic acids is 1. The van der Waals surface area contributed by atoms with Gasteiger partial charge in [0, 0.05) is 11.6 Å². The lowest BCUT2D eigenvalue weighted by molar-refractivity contribution is -0.384. The molecule has 0 unspecified atom stereocenters. The summed E-state index contributed by atoms with van der Waals surface area (Å²) in [5, 5.41) is 19.3. The van der Waals surface area contributed by atoms with E-state index in [2.05, 4.69) is 0 Å². The maximum atomic E-state index is 10.8. The zero-order valence-corrected chi connectivity index (χ0v) is 8.17. The number of aromatic carboxylic acids is 1. The topological polar surface area (TPSA) is 107 Å². The molecule has 1 aromatic carbocycles. The average molecular weight is 225 g/mol. The number of nitro benzene ring substituents is 1. The molecule has 1 rings (SSSR count). The van der Waals surface area contributed by atoms with Gasteiger partial charge in [0.2, 0.25) is 0 Å². The summed E-state index contributed by atoms with van der Waals surface area (Å²) in [6, 6.07) is 1.84. The summed E-state index contributed by atoms with van der Waals surface area (Å²) in [7, 11) is 1.17. The molecule has 0 aliphatic rings. The maximum Gasteiger partial charge on any atom is 0.340 e. The Labute approximate surface area is 89.4 Å². The number of methoxy groups -OCH3 is 1. The van der Waals surface area contributed by atoms with Gasteiger partial charge in [-0.15, -0.1) is 0 Å². The van der Waals surface area contributed by atoms with E-state index in [1.165, 1.54) is 7.11 Å². The van der Waals surface area contributed by atoms with E-state index >= 15 is 0 Å². The lowest BCUT2D eigenvalue weighted by Crippen LogP contribution is -2.06. The monoisotopic (exact) mass is 225 g/mol. The zero-order chi connectivity index (χ0) is 12.3. The SMILES string of the molecule is COc1cc([N+](=O)[O-])cc(C=O)c1C(=O)O.